The van der Waals surface area contributed by atoms with Crippen LogP contribution in [0.1, 0.15) is 17.1 Å². The standard InChI is InChI=1S/C8H9BrO/c1-6-5-8(3-4-9)7(2)10-6/h3-5H,1-2H3/b4-3+. The molecule has 0 radical (unpaired) electrons. The average Bonchev–Trinajstić information content (AvgIpc) is 2.13. The van der Waals surface area contributed by atoms with Crippen LogP contribution < -0.4 is 0 Å². The number of rotatable bonds is 1. The lowest BCUT2D eigenvalue weighted by molar-refractivity contribution is 0.504. The fourth-order valence-electron chi connectivity index (χ4n) is 0.884. The van der Waals surface area contributed by atoms with Crippen molar-refractivity contribution in [1.82, 2.24) is 0 Å². The van der Waals surface area contributed by atoms with Gasteiger partial charge in [0.25, 0.3) is 0 Å². The number of hydrogen-bond donors (Lipinski definition) is 0. The van der Waals surface area contributed by atoms with E-state index in [9.17, 15) is 0 Å². The first-order valence-electron chi connectivity index (χ1n) is 3.08. The van der Waals surface area contributed by atoms with Crippen molar-refractivity contribution in [2.45, 2.75) is 13.8 Å². The van der Waals surface area contributed by atoms with Gasteiger partial charge in [0.15, 0.2) is 0 Å². The molecule has 0 saturated carbocycles. The second kappa shape index (κ2) is 3.06. The normalized spacial score (nSPS) is 11.1. The van der Waals surface area contributed by atoms with Gasteiger partial charge >= 0.3 is 0 Å². The maximum absolute atomic E-state index is 5.29. The Hall–Kier alpha value is -0.500. The molecule has 1 aromatic heterocycles. The molecular weight excluding hydrogens is 192 g/mol. The fraction of sp³-hybridized carbons (Fsp3) is 0.250. The Morgan fingerprint density at radius 1 is 1.50 bits per heavy atom. The van der Waals surface area contributed by atoms with Crippen LogP contribution in [-0.4, -0.2) is 0 Å². The highest BCUT2D eigenvalue weighted by molar-refractivity contribution is 9.11. The van der Waals surface area contributed by atoms with Gasteiger partial charge in [-0.25, -0.2) is 0 Å². The lowest BCUT2D eigenvalue weighted by atomic mass is 10.2. The Bertz CT molecular complexity index is 248. The van der Waals surface area contributed by atoms with Gasteiger partial charge in [-0.15, -0.1) is 0 Å². The van der Waals surface area contributed by atoms with E-state index in [0.717, 1.165) is 17.1 Å². The van der Waals surface area contributed by atoms with E-state index in [-0.39, 0.29) is 0 Å². The molecule has 0 atom stereocenters. The lowest BCUT2D eigenvalue weighted by Gasteiger charge is -1.83. The third kappa shape index (κ3) is 1.51. The molecule has 54 valence electrons. The topological polar surface area (TPSA) is 13.1 Å². The number of furan rings is 1. The summed E-state index contributed by atoms with van der Waals surface area (Å²) in [6, 6.07) is 2.01. The molecule has 0 amide bonds. The maximum atomic E-state index is 5.29. The van der Waals surface area contributed by atoms with Gasteiger partial charge < -0.3 is 4.42 Å². The van der Waals surface area contributed by atoms with Gasteiger partial charge in [-0.05, 0) is 31.0 Å². The van der Waals surface area contributed by atoms with Crippen LogP contribution in [0, 0.1) is 13.8 Å². The zero-order valence-electron chi connectivity index (χ0n) is 6.02. The third-order valence-electron chi connectivity index (χ3n) is 1.32. The minimum Gasteiger partial charge on any atom is -0.466 e. The quantitative estimate of drug-likeness (QED) is 0.679. The molecule has 1 heterocycles. The van der Waals surface area contributed by atoms with Gasteiger partial charge in [0.05, 0.1) is 0 Å². The summed E-state index contributed by atoms with van der Waals surface area (Å²) >= 11 is 3.21. The van der Waals surface area contributed by atoms with Gasteiger partial charge in [-0.2, -0.15) is 0 Å². The maximum Gasteiger partial charge on any atom is 0.108 e. The van der Waals surface area contributed by atoms with Crippen molar-refractivity contribution in [1.29, 1.82) is 0 Å². The minimum absolute atomic E-state index is 0.957. The molecule has 1 rings (SSSR count). The Balaban J connectivity index is 3.03. The monoisotopic (exact) mass is 200 g/mol. The van der Waals surface area contributed by atoms with Crippen molar-refractivity contribution in [2.24, 2.45) is 0 Å². The van der Waals surface area contributed by atoms with Crippen LogP contribution >= 0.6 is 15.9 Å². The second-order valence-electron chi connectivity index (χ2n) is 2.16. The van der Waals surface area contributed by atoms with Crippen LogP contribution in [0.5, 0.6) is 0 Å². The van der Waals surface area contributed by atoms with E-state index in [2.05, 4.69) is 15.9 Å². The SMILES string of the molecule is Cc1cc(/C=C/Br)c(C)o1. The number of hydrogen-bond acceptors (Lipinski definition) is 1. The smallest absolute Gasteiger partial charge is 0.108 e. The van der Waals surface area contributed by atoms with Crippen molar-refractivity contribution >= 4 is 22.0 Å². The summed E-state index contributed by atoms with van der Waals surface area (Å²) in [5, 5.41) is 0. The van der Waals surface area contributed by atoms with Crippen LogP contribution in [-0.2, 0) is 0 Å². The van der Waals surface area contributed by atoms with Gasteiger partial charge in [0.1, 0.15) is 11.5 Å². The van der Waals surface area contributed by atoms with Gasteiger partial charge in [0.2, 0.25) is 0 Å². The third-order valence-corrected chi connectivity index (χ3v) is 1.59. The lowest BCUT2D eigenvalue weighted by Crippen LogP contribution is -1.65. The highest BCUT2D eigenvalue weighted by atomic mass is 79.9. The molecule has 0 aliphatic heterocycles. The number of halogens is 1. The Morgan fingerprint density at radius 3 is 2.60 bits per heavy atom. The molecule has 1 aromatic rings. The van der Waals surface area contributed by atoms with E-state index < -0.39 is 0 Å². The Morgan fingerprint density at radius 2 is 2.20 bits per heavy atom. The first-order chi connectivity index (χ1) is 4.74. The molecule has 0 fully saturated rings. The molecule has 0 bridgehead atoms. The molecule has 1 nitrogen and oxygen atoms in total. The van der Waals surface area contributed by atoms with E-state index in [1.54, 1.807) is 0 Å². The molecule has 0 aliphatic rings. The highest BCUT2D eigenvalue weighted by Gasteiger charge is 1.98. The van der Waals surface area contributed by atoms with E-state index in [1.165, 1.54) is 0 Å². The van der Waals surface area contributed by atoms with Crippen LogP contribution in [0.3, 0.4) is 0 Å². The molecule has 2 heteroatoms. The van der Waals surface area contributed by atoms with Crippen molar-refractivity contribution in [2.75, 3.05) is 0 Å². The summed E-state index contributed by atoms with van der Waals surface area (Å²) in [5.74, 6) is 1.92. The zero-order chi connectivity index (χ0) is 7.56. The van der Waals surface area contributed by atoms with E-state index >= 15 is 0 Å². The first kappa shape index (κ1) is 7.61. The molecule has 0 saturated heterocycles. The van der Waals surface area contributed by atoms with Crippen molar-refractivity contribution < 1.29 is 4.42 Å². The van der Waals surface area contributed by atoms with E-state index in [4.69, 9.17) is 4.42 Å². The van der Waals surface area contributed by atoms with Crippen LogP contribution in [0.15, 0.2) is 15.5 Å². The highest BCUT2D eigenvalue weighted by Crippen LogP contribution is 2.15. The molecule has 0 N–H and O–H groups in total. The summed E-state index contributed by atoms with van der Waals surface area (Å²) in [5.41, 5.74) is 1.13. The molecule has 0 aromatic carbocycles. The average molecular weight is 201 g/mol. The van der Waals surface area contributed by atoms with E-state index in [0.29, 0.717) is 0 Å². The molecule has 0 unspecified atom stereocenters. The zero-order valence-corrected chi connectivity index (χ0v) is 7.60. The first-order valence-corrected chi connectivity index (χ1v) is 3.99. The van der Waals surface area contributed by atoms with Gasteiger partial charge in [-0.3, -0.25) is 0 Å². The summed E-state index contributed by atoms with van der Waals surface area (Å²) in [4.78, 5) is 1.82. The molecule has 0 spiro atoms. The Labute approximate surface area is 68.9 Å². The van der Waals surface area contributed by atoms with Crippen LogP contribution in [0.25, 0.3) is 6.08 Å². The largest absolute Gasteiger partial charge is 0.466 e. The second-order valence-corrected chi connectivity index (χ2v) is 2.69. The molecule has 10 heavy (non-hydrogen) atoms. The van der Waals surface area contributed by atoms with Gasteiger partial charge in [-0.1, -0.05) is 15.9 Å². The summed E-state index contributed by atoms with van der Waals surface area (Å²) in [6.07, 6.45) is 1.96. The van der Waals surface area contributed by atoms with Crippen LogP contribution in [0.4, 0.5) is 0 Å². The van der Waals surface area contributed by atoms with Crippen molar-refractivity contribution in [3.05, 3.63) is 28.1 Å². The van der Waals surface area contributed by atoms with E-state index in [1.807, 2.05) is 31.0 Å². The number of aryl methyl sites for hydroxylation is 2. The van der Waals surface area contributed by atoms with Crippen molar-refractivity contribution in [3.8, 4) is 0 Å². The Kier molecular flexibility index (Phi) is 2.33. The summed E-state index contributed by atoms with van der Waals surface area (Å²) < 4.78 is 5.29. The minimum atomic E-state index is 0.957. The molecular formula is C8H9BrO. The van der Waals surface area contributed by atoms with Gasteiger partial charge in [0, 0.05) is 5.56 Å². The summed E-state index contributed by atoms with van der Waals surface area (Å²) in [7, 11) is 0. The summed E-state index contributed by atoms with van der Waals surface area (Å²) in [6.45, 7) is 3.90. The molecule has 0 aliphatic carbocycles. The fourth-order valence-corrected chi connectivity index (χ4v) is 1.17. The van der Waals surface area contributed by atoms with Crippen molar-refractivity contribution in [3.63, 3.8) is 0 Å². The predicted octanol–water partition coefficient (Wildman–Crippen LogP) is 3.26. The predicted molar refractivity (Wildman–Crippen MR) is 46.1 cm³/mol. The van der Waals surface area contributed by atoms with Crippen LogP contribution in [0.2, 0.25) is 0 Å².